The summed E-state index contributed by atoms with van der Waals surface area (Å²) in [6.45, 7) is 1.45. The number of halogens is 1. The maximum atomic E-state index is 12.3. The van der Waals surface area contributed by atoms with Crippen LogP contribution in [0.1, 0.15) is 24.8 Å². The van der Waals surface area contributed by atoms with E-state index in [1.807, 2.05) is 37.4 Å². The van der Waals surface area contributed by atoms with Crippen molar-refractivity contribution >= 4 is 18.3 Å². The Morgan fingerprint density at radius 2 is 2.10 bits per heavy atom. The molecule has 2 N–H and O–H groups in total. The minimum atomic E-state index is -0.481. The first kappa shape index (κ1) is 18.0. The maximum absolute atomic E-state index is 12.3. The van der Waals surface area contributed by atoms with Crippen LogP contribution < -0.4 is 5.73 Å². The topological polar surface area (TPSA) is 55.6 Å². The van der Waals surface area contributed by atoms with Gasteiger partial charge in [0.1, 0.15) is 0 Å². The van der Waals surface area contributed by atoms with Gasteiger partial charge in [0.15, 0.2) is 0 Å². The van der Waals surface area contributed by atoms with Crippen LogP contribution >= 0.6 is 12.4 Å². The fraction of sp³-hybridized carbons (Fsp3) is 0.562. The minimum Gasteiger partial charge on any atom is -0.376 e. The van der Waals surface area contributed by atoms with E-state index in [1.165, 1.54) is 6.42 Å². The second-order valence-corrected chi connectivity index (χ2v) is 5.50. The van der Waals surface area contributed by atoms with Crippen LogP contribution in [0.3, 0.4) is 0 Å². The van der Waals surface area contributed by atoms with Crippen molar-refractivity contribution in [3.05, 3.63) is 35.9 Å². The summed E-state index contributed by atoms with van der Waals surface area (Å²) < 4.78 is 5.66. The summed E-state index contributed by atoms with van der Waals surface area (Å²) in [5.74, 6) is -0.0111. The van der Waals surface area contributed by atoms with Crippen LogP contribution in [-0.4, -0.2) is 43.2 Å². The average Bonchev–Trinajstić information content (AvgIpc) is 2.48. The predicted octanol–water partition coefficient (Wildman–Crippen LogP) is 2.01. The number of carbonyl (C=O) groups excluding carboxylic acids is 1. The third-order valence-electron chi connectivity index (χ3n) is 3.74. The zero-order valence-corrected chi connectivity index (χ0v) is 13.3. The van der Waals surface area contributed by atoms with Crippen LogP contribution in [0.2, 0.25) is 0 Å². The molecule has 2 rings (SSSR count). The number of hydrogen-bond donors (Lipinski definition) is 1. The van der Waals surface area contributed by atoms with E-state index in [0.717, 1.165) is 25.0 Å². The molecule has 4 nitrogen and oxygen atoms in total. The number of amides is 1. The molecule has 2 atom stereocenters. The van der Waals surface area contributed by atoms with Crippen molar-refractivity contribution in [3.63, 3.8) is 0 Å². The van der Waals surface area contributed by atoms with Crippen molar-refractivity contribution in [2.75, 3.05) is 20.2 Å². The number of nitrogens with zero attached hydrogens (tertiary/aromatic N) is 1. The first-order valence-corrected chi connectivity index (χ1v) is 7.33. The third-order valence-corrected chi connectivity index (χ3v) is 3.74. The molecule has 0 aliphatic carbocycles. The van der Waals surface area contributed by atoms with Gasteiger partial charge in [0, 0.05) is 20.2 Å². The third kappa shape index (κ3) is 5.65. The van der Waals surface area contributed by atoms with Crippen molar-refractivity contribution in [1.29, 1.82) is 0 Å². The van der Waals surface area contributed by atoms with Gasteiger partial charge in [-0.15, -0.1) is 12.4 Å². The van der Waals surface area contributed by atoms with Crippen molar-refractivity contribution in [3.8, 4) is 0 Å². The lowest BCUT2D eigenvalue weighted by Gasteiger charge is -2.28. The molecule has 1 aliphatic rings. The summed E-state index contributed by atoms with van der Waals surface area (Å²) in [7, 11) is 1.81. The summed E-state index contributed by atoms with van der Waals surface area (Å²) in [5, 5.41) is 0. The molecule has 118 valence electrons. The van der Waals surface area contributed by atoms with E-state index in [0.29, 0.717) is 13.0 Å². The Kier molecular flexibility index (Phi) is 7.72. The largest absolute Gasteiger partial charge is 0.376 e. The molecule has 1 heterocycles. The number of likely N-dealkylation sites (N-methyl/N-ethyl adjacent to an activating group) is 1. The van der Waals surface area contributed by atoms with Gasteiger partial charge in [0.2, 0.25) is 5.91 Å². The summed E-state index contributed by atoms with van der Waals surface area (Å²) in [5.41, 5.74) is 7.12. The monoisotopic (exact) mass is 312 g/mol. The van der Waals surface area contributed by atoms with Crippen LogP contribution in [0.25, 0.3) is 0 Å². The molecule has 1 aromatic rings. The molecule has 0 spiro atoms. The Hall–Kier alpha value is -1.10. The molecular weight excluding hydrogens is 288 g/mol. The molecule has 0 aromatic heterocycles. The second kappa shape index (κ2) is 9.03. The van der Waals surface area contributed by atoms with Crippen LogP contribution in [0, 0.1) is 0 Å². The highest BCUT2D eigenvalue weighted by Crippen LogP contribution is 2.14. The quantitative estimate of drug-likeness (QED) is 0.905. The highest BCUT2D eigenvalue weighted by atomic mass is 35.5. The van der Waals surface area contributed by atoms with Gasteiger partial charge >= 0.3 is 0 Å². The number of ether oxygens (including phenoxy) is 1. The molecule has 0 saturated carbocycles. The predicted molar refractivity (Wildman–Crippen MR) is 86.6 cm³/mol. The molecule has 5 heteroatoms. The van der Waals surface area contributed by atoms with E-state index in [9.17, 15) is 4.79 Å². The highest BCUT2D eigenvalue weighted by molar-refractivity contribution is 5.85. The molecule has 1 amide bonds. The normalized spacial score (nSPS) is 19.4. The summed E-state index contributed by atoms with van der Waals surface area (Å²) in [6, 6.07) is 9.40. The van der Waals surface area contributed by atoms with Gasteiger partial charge in [0.25, 0.3) is 0 Å². The lowest BCUT2D eigenvalue weighted by molar-refractivity contribution is -0.133. The molecular formula is C16H25ClN2O2. The van der Waals surface area contributed by atoms with E-state index < -0.39 is 6.04 Å². The first-order valence-electron chi connectivity index (χ1n) is 7.33. The number of carbonyl (C=O) groups is 1. The Morgan fingerprint density at radius 1 is 1.38 bits per heavy atom. The average molecular weight is 313 g/mol. The molecule has 1 saturated heterocycles. The molecule has 1 aliphatic heterocycles. The van der Waals surface area contributed by atoms with Gasteiger partial charge in [-0.3, -0.25) is 4.79 Å². The van der Waals surface area contributed by atoms with Crippen LogP contribution in [0.15, 0.2) is 30.3 Å². The van der Waals surface area contributed by atoms with Crippen molar-refractivity contribution in [1.82, 2.24) is 4.90 Å². The molecule has 1 aromatic carbocycles. The number of nitrogens with two attached hydrogens (primary N) is 1. The number of hydrogen-bond acceptors (Lipinski definition) is 3. The molecule has 21 heavy (non-hydrogen) atoms. The van der Waals surface area contributed by atoms with Crippen molar-refractivity contribution in [2.45, 2.75) is 37.8 Å². The van der Waals surface area contributed by atoms with Crippen LogP contribution in [-0.2, 0) is 16.0 Å². The van der Waals surface area contributed by atoms with Gasteiger partial charge in [-0.05, 0) is 31.2 Å². The van der Waals surface area contributed by atoms with E-state index in [-0.39, 0.29) is 24.4 Å². The smallest absolute Gasteiger partial charge is 0.239 e. The van der Waals surface area contributed by atoms with E-state index >= 15 is 0 Å². The lowest BCUT2D eigenvalue weighted by Crippen LogP contribution is -2.46. The van der Waals surface area contributed by atoms with Gasteiger partial charge in [0.05, 0.1) is 12.1 Å². The summed E-state index contributed by atoms with van der Waals surface area (Å²) in [4.78, 5) is 14.0. The van der Waals surface area contributed by atoms with Gasteiger partial charge in [-0.1, -0.05) is 30.3 Å². The molecule has 1 fully saturated rings. The van der Waals surface area contributed by atoms with Gasteiger partial charge in [-0.2, -0.15) is 0 Å². The Balaban J connectivity index is 0.00000220. The highest BCUT2D eigenvalue weighted by Gasteiger charge is 2.22. The first-order chi connectivity index (χ1) is 9.66. The van der Waals surface area contributed by atoms with Crippen LogP contribution in [0.4, 0.5) is 0 Å². The zero-order valence-electron chi connectivity index (χ0n) is 12.5. The SMILES string of the molecule is CN(CC1CCCCO1)C(=O)[C@@H](N)Cc1ccccc1.Cl. The second-order valence-electron chi connectivity index (χ2n) is 5.50. The lowest BCUT2D eigenvalue weighted by atomic mass is 10.0. The molecule has 1 unspecified atom stereocenters. The Labute approximate surface area is 133 Å². The Bertz CT molecular complexity index is 422. The van der Waals surface area contributed by atoms with Crippen molar-refractivity contribution < 1.29 is 9.53 Å². The Morgan fingerprint density at radius 3 is 2.71 bits per heavy atom. The summed E-state index contributed by atoms with van der Waals surface area (Å²) >= 11 is 0. The van der Waals surface area contributed by atoms with Gasteiger partial charge in [-0.25, -0.2) is 0 Å². The van der Waals surface area contributed by atoms with Gasteiger partial charge < -0.3 is 15.4 Å². The fourth-order valence-electron chi connectivity index (χ4n) is 2.59. The van der Waals surface area contributed by atoms with E-state index in [1.54, 1.807) is 4.90 Å². The molecule has 0 bridgehead atoms. The van der Waals surface area contributed by atoms with E-state index in [2.05, 4.69) is 0 Å². The minimum absolute atomic E-state index is 0. The zero-order chi connectivity index (χ0) is 14.4. The maximum Gasteiger partial charge on any atom is 0.239 e. The fourth-order valence-corrected chi connectivity index (χ4v) is 2.59. The number of benzene rings is 1. The summed E-state index contributed by atoms with van der Waals surface area (Å²) in [6.07, 6.45) is 4.09. The van der Waals surface area contributed by atoms with E-state index in [4.69, 9.17) is 10.5 Å². The molecule has 0 radical (unpaired) electrons. The van der Waals surface area contributed by atoms with Crippen molar-refractivity contribution in [2.24, 2.45) is 5.73 Å². The van der Waals surface area contributed by atoms with Crippen LogP contribution in [0.5, 0.6) is 0 Å². The number of rotatable bonds is 5. The standard InChI is InChI=1S/C16H24N2O2.ClH/c1-18(12-14-9-5-6-10-20-14)16(19)15(17)11-13-7-3-2-4-8-13;/h2-4,7-8,14-15H,5-6,9-12,17H2,1H3;1H/t14?,15-;/m0./s1.